The zero-order valence-electron chi connectivity index (χ0n) is 42.8. The molecule has 0 aromatic carbocycles. The van der Waals surface area contributed by atoms with Crippen molar-refractivity contribution in [3.8, 4) is 0 Å². The third-order valence-electron chi connectivity index (χ3n) is 12.4. The van der Waals surface area contributed by atoms with Crippen molar-refractivity contribution in [3.63, 3.8) is 0 Å². The Morgan fingerprint density at radius 1 is 0.312 bits per heavy atom. The van der Waals surface area contributed by atoms with Crippen LogP contribution >= 0.6 is 0 Å². The molecule has 1 atom stereocenters. The summed E-state index contributed by atoms with van der Waals surface area (Å²) in [6.07, 6.45) is 63.0. The molecule has 1 unspecified atom stereocenters. The maximum absolute atomic E-state index is 12.8. The van der Waals surface area contributed by atoms with Crippen molar-refractivity contribution in [3.05, 3.63) is 36.5 Å². The highest BCUT2D eigenvalue weighted by atomic mass is 16.6. The molecule has 374 valence electrons. The lowest BCUT2D eigenvalue weighted by Gasteiger charge is -2.18. The Balaban J connectivity index is 4.17. The Morgan fingerprint density at radius 3 is 0.875 bits per heavy atom. The van der Waals surface area contributed by atoms with Gasteiger partial charge in [0.05, 0.1) is 0 Å². The van der Waals surface area contributed by atoms with Crippen LogP contribution in [0.3, 0.4) is 0 Å². The SMILES string of the molecule is CCCCCCC/C=C\C/C=C\CCCCCCCCCCCCCC(=O)OCC(COC(=O)CCCCCCCCC)OC(=O)CCCCCCC/C=C\CCCCCCCCC. The van der Waals surface area contributed by atoms with Gasteiger partial charge < -0.3 is 14.2 Å². The summed E-state index contributed by atoms with van der Waals surface area (Å²) >= 11 is 0. The maximum atomic E-state index is 12.8. The first kappa shape index (κ1) is 61.6. The fourth-order valence-electron chi connectivity index (χ4n) is 8.12. The molecule has 0 rings (SSSR count). The molecule has 0 radical (unpaired) electrons. The zero-order valence-corrected chi connectivity index (χ0v) is 42.8. The molecule has 0 spiro atoms. The van der Waals surface area contributed by atoms with Crippen LogP contribution < -0.4 is 0 Å². The third kappa shape index (κ3) is 50.6. The van der Waals surface area contributed by atoms with Crippen molar-refractivity contribution in [1.82, 2.24) is 0 Å². The van der Waals surface area contributed by atoms with Crippen LogP contribution in [0.5, 0.6) is 0 Å². The Bertz CT molecular complexity index is 1080. The molecular formula is C58H106O6. The minimum atomic E-state index is -0.772. The molecule has 0 aromatic rings. The van der Waals surface area contributed by atoms with Crippen LogP contribution in [0.25, 0.3) is 0 Å². The van der Waals surface area contributed by atoms with Gasteiger partial charge in [-0.15, -0.1) is 0 Å². The largest absolute Gasteiger partial charge is 0.462 e. The molecule has 0 aliphatic heterocycles. The van der Waals surface area contributed by atoms with Crippen molar-refractivity contribution < 1.29 is 28.6 Å². The Labute approximate surface area is 397 Å². The summed E-state index contributed by atoms with van der Waals surface area (Å²) in [5, 5.41) is 0. The Morgan fingerprint density at radius 2 is 0.562 bits per heavy atom. The van der Waals surface area contributed by atoms with Gasteiger partial charge in [0.2, 0.25) is 0 Å². The molecule has 0 bridgehead atoms. The van der Waals surface area contributed by atoms with Crippen molar-refractivity contribution >= 4 is 17.9 Å². The van der Waals surface area contributed by atoms with Crippen LogP contribution in [0, 0.1) is 0 Å². The van der Waals surface area contributed by atoms with Crippen LogP contribution in [0.1, 0.15) is 297 Å². The van der Waals surface area contributed by atoms with Gasteiger partial charge in [0.15, 0.2) is 6.10 Å². The summed E-state index contributed by atoms with van der Waals surface area (Å²) in [6.45, 7) is 6.60. The van der Waals surface area contributed by atoms with Crippen LogP contribution in [0.4, 0.5) is 0 Å². The number of carbonyl (C=O) groups excluding carboxylic acids is 3. The second kappa shape index (κ2) is 53.2. The van der Waals surface area contributed by atoms with Gasteiger partial charge in [0, 0.05) is 19.3 Å². The first-order valence-electron chi connectivity index (χ1n) is 28.0. The van der Waals surface area contributed by atoms with E-state index in [2.05, 4.69) is 57.2 Å². The first-order valence-corrected chi connectivity index (χ1v) is 28.0. The van der Waals surface area contributed by atoms with E-state index >= 15 is 0 Å². The quantitative estimate of drug-likeness (QED) is 0.0262. The van der Waals surface area contributed by atoms with Crippen LogP contribution in [-0.4, -0.2) is 37.2 Å². The lowest BCUT2D eigenvalue weighted by Crippen LogP contribution is -2.30. The topological polar surface area (TPSA) is 78.9 Å². The van der Waals surface area contributed by atoms with E-state index in [1.165, 1.54) is 186 Å². The summed E-state index contributed by atoms with van der Waals surface area (Å²) in [7, 11) is 0. The van der Waals surface area contributed by atoms with E-state index < -0.39 is 6.10 Å². The maximum Gasteiger partial charge on any atom is 0.306 e. The lowest BCUT2D eigenvalue weighted by molar-refractivity contribution is -0.167. The predicted molar refractivity (Wildman–Crippen MR) is 275 cm³/mol. The highest BCUT2D eigenvalue weighted by molar-refractivity contribution is 5.71. The zero-order chi connectivity index (χ0) is 46.5. The molecule has 0 aliphatic carbocycles. The summed E-state index contributed by atoms with van der Waals surface area (Å²) < 4.78 is 16.8. The van der Waals surface area contributed by atoms with E-state index in [0.717, 1.165) is 70.6 Å². The van der Waals surface area contributed by atoms with Crippen LogP contribution in [-0.2, 0) is 28.6 Å². The number of esters is 3. The number of hydrogen-bond acceptors (Lipinski definition) is 6. The number of hydrogen-bond donors (Lipinski definition) is 0. The number of carbonyl (C=O) groups is 3. The summed E-state index contributed by atoms with van der Waals surface area (Å²) in [4.78, 5) is 37.9. The predicted octanol–water partition coefficient (Wildman–Crippen LogP) is 18.5. The molecule has 0 aliphatic rings. The van der Waals surface area contributed by atoms with Gasteiger partial charge in [0.1, 0.15) is 13.2 Å². The fourth-order valence-corrected chi connectivity index (χ4v) is 8.12. The number of ether oxygens (including phenoxy) is 3. The molecule has 64 heavy (non-hydrogen) atoms. The molecule has 0 N–H and O–H groups in total. The van der Waals surface area contributed by atoms with E-state index in [1.807, 2.05) is 0 Å². The monoisotopic (exact) mass is 899 g/mol. The molecule has 6 heteroatoms. The van der Waals surface area contributed by atoms with E-state index in [0.29, 0.717) is 19.3 Å². The molecule has 0 saturated carbocycles. The van der Waals surface area contributed by atoms with E-state index in [4.69, 9.17) is 14.2 Å². The van der Waals surface area contributed by atoms with Gasteiger partial charge in [-0.2, -0.15) is 0 Å². The smallest absolute Gasteiger partial charge is 0.306 e. The normalized spacial score (nSPS) is 12.2. The van der Waals surface area contributed by atoms with Gasteiger partial charge in [-0.05, 0) is 77.0 Å². The Hall–Kier alpha value is -2.37. The van der Waals surface area contributed by atoms with Crippen molar-refractivity contribution in [2.24, 2.45) is 0 Å². The van der Waals surface area contributed by atoms with Gasteiger partial charge in [-0.1, -0.05) is 237 Å². The van der Waals surface area contributed by atoms with Crippen molar-refractivity contribution in [1.29, 1.82) is 0 Å². The molecular weight excluding hydrogens is 793 g/mol. The fraction of sp³-hybridized carbons (Fsp3) is 0.845. The molecule has 6 nitrogen and oxygen atoms in total. The van der Waals surface area contributed by atoms with Crippen LogP contribution in [0.15, 0.2) is 36.5 Å². The highest BCUT2D eigenvalue weighted by Gasteiger charge is 2.19. The van der Waals surface area contributed by atoms with E-state index in [-0.39, 0.29) is 31.1 Å². The van der Waals surface area contributed by atoms with Crippen molar-refractivity contribution in [2.75, 3.05) is 13.2 Å². The first-order chi connectivity index (χ1) is 31.5. The highest BCUT2D eigenvalue weighted by Crippen LogP contribution is 2.16. The number of rotatable bonds is 51. The van der Waals surface area contributed by atoms with Crippen LogP contribution in [0.2, 0.25) is 0 Å². The molecule has 0 fully saturated rings. The minimum Gasteiger partial charge on any atom is -0.462 e. The molecule has 0 amide bonds. The minimum absolute atomic E-state index is 0.0738. The average Bonchev–Trinajstić information content (AvgIpc) is 3.29. The van der Waals surface area contributed by atoms with Gasteiger partial charge in [-0.3, -0.25) is 14.4 Å². The molecule has 0 heterocycles. The average molecular weight is 899 g/mol. The standard InChI is InChI=1S/C58H106O6/c1-4-7-10-13-16-18-20-22-24-26-27-28-29-30-31-32-34-35-37-39-42-45-48-51-57(60)63-54-55(53-62-56(59)50-47-44-41-15-12-9-6-3)64-58(61)52-49-46-43-40-38-36-33-25-23-21-19-17-14-11-8-5-2/h20,22,25-27,33,55H,4-19,21,23-24,28-32,34-54H2,1-3H3/b22-20-,27-26-,33-25-. The van der Waals surface area contributed by atoms with E-state index in [9.17, 15) is 14.4 Å². The van der Waals surface area contributed by atoms with E-state index in [1.54, 1.807) is 0 Å². The van der Waals surface area contributed by atoms with Crippen molar-refractivity contribution in [2.45, 2.75) is 303 Å². The Kier molecular flexibility index (Phi) is 51.3. The number of unbranched alkanes of at least 4 members (excludes halogenated alkanes) is 34. The second-order valence-electron chi connectivity index (χ2n) is 18.8. The van der Waals surface area contributed by atoms with Gasteiger partial charge >= 0.3 is 17.9 Å². The summed E-state index contributed by atoms with van der Waals surface area (Å²) in [6, 6.07) is 0. The summed E-state index contributed by atoms with van der Waals surface area (Å²) in [5.41, 5.74) is 0. The summed E-state index contributed by atoms with van der Waals surface area (Å²) in [5.74, 6) is -0.879. The molecule has 0 saturated heterocycles. The van der Waals surface area contributed by atoms with Gasteiger partial charge in [0.25, 0.3) is 0 Å². The third-order valence-corrected chi connectivity index (χ3v) is 12.4. The lowest BCUT2D eigenvalue weighted by atomic mass is 10.0. The number of allylic oxidation sites excluding steroid dienone is 6. The van der Waals surface area contributed by atoms with Gasteiger partial charge in [-0.25, -0.2) is 0 Å². The second-order valence-corrected chi connectivity index (χ2v) is 18.8. The molecule has 0 aromatic heterocycles.